The molecular weight excluding hydrogens is 357 g/mol. The smallest absolute Gasteiger partial charge is 0.246 e. The molecule has 0 heterocycles. The van der Waals surface area contributed by atoms with Crippen molar-refractivity contribution >= 4 is 36.4 Å². The summed E-state index contributed by atoms with van der Waals surface area (Å²) in [4.78, 5) is 16.5. The van der Waals surface area contributed by atoms with Gasteiger partial charge in [0.05, 0.1) is 0 Å². The van der Waals surface area contributed by atoms with Gasteiger partial charge in [-0.15, -0.1) is 24.8 Å². The van der Waals surface area contributed by atoms with Gasteiger partial charge in [-0.1, -0.05) is 48.5 Å². The van der Waals surface area contributed by atoms with Crippen LogP contribution in [0.3, 0.4) is 0 Å². The Morgan fingerprint density at radius 1 is 0.920 bits per heavy atom. The second-order valence-corrected chi connectivity index (χ2v) is 6.05. The molecule has 1 unspecified atom stereocenters. The molecule has 1 atom stereocenters. The Bertz CT molecular complexity index is 636. The van der Waals surface area contributed by atoms with Gasteiger partial charge in [-0.2, -0.15) is 0 Å². The van der Waals surface area contributed by atoms with Crippen molar-refractivity contribution in [3.63, 3.8) is 0 Å². The van der Waals surface area contributed by atoms with Crippen LogP contribution < -0.4 is 10.6 Å². The molecule has 0 aliphatic carbocycles. The second-order valence-electron chi connectivity index (χ2n) is 6.05. The summed E-state index contributed by atoms with van der Waals surface area (Å²) in [5, 5.41) is 0. The normalized spacial score (nSPS) is 12.2. The van der Waals surface area contributed by atoms with Crippen LogP contribution in [0.15, 0.2) is 60.7 Å². The molecular formula is C19H27Cl2N3O. The summed E-state index contributed by atoms with van der Waals surface area (Å²) in [6, 6.07) is 19.6. The van der Waals surface area contributed by atoms with Gasteiger partial charge in [0.25, 0.3) is 0 Å². The number of benzene rings is 2. The lowest BCUT2D eigenvalue weighted by molar-refractivity contribution is -0.135. The number of carbonyl (C=O) groups excluding carboxylic acids is 1. The van der Waals surface area contributed by atoms with E-state index in [0.717, 1.165) is 17.8 Å². The molecule has 0 bridgehead atoms. The summed E-state index contributed by atoms with van der Waals surface area (Å²) in [5.74, 6) is -0.0786. The zero-order valence-electron chi connectivity index (χ0n) is 14.9. The van der Waals surface area contributed by atoms with Gasteiger partial charge in [0, 0.05) is 32.9 Å². The summed E-state index contributed by atoms with van der Waals surface area (Å²) < 4.78 is 0. The van der Waals surface area contributed by atoms with Crippen LogP contribution in [0.2, 0.25) is 0 Å². The van der Waals surface area contributed by atoms with Gasteiger partial charge < -0.3 is 15.5 Å². The maximum Gasteiger partial charge on any atom is 0.246 e. The number of hydrogen-bond acceptors (Lipinski definition) is 3. The Morgan fingerprint density at radius 2 is 1.40 bits per heavy atom. The van der Waals surface area contributed by atoms with Crippen LogP contribution in [0, 0.1) is 0 Å². The first-order valence-corrected chi connectivity index (χ1v) is 7.79. The highest BCUT2D eigenvalue weighted by molar-refractivity contribution is 5.87. The third-order valence-electron chi connectivity index (χ3n) is 4.13. The minimum absolute atomic E-state index is 0. The van der Waals surface area contributed by atoms with Crippen LogP contribution in [-0.2, 0) is 10.3 Å². The summed E-state index contributed by atoms with van der Waals surface area (Å²) >= 11 is 0. The number of amides is 1. The first kappa shape index (κ1) is 23.2. The number of halogens is 2. The van der Waals surface area contributed by atoms with E-state index < -0.39 is 5.54 Å². The Hall–Kier alpha value is -1.75. The second kappa shape index (κ2) is 10.3. The van der Waals surface area contributed by atoms with Crippen LogP contribution in [-0.4, -0.2) is 38.0 Å². The topological polar surface area (TPSA) is 49.6 Å². The molecule has 2 N–H and O–H groups in total. The van der Waals surface area contributed by atoms with Gasteiger partial charge in [0.2, 0.25) is 5.91 Å². The van der Waals surface area contributed by atoms with Crippen molar-refractivity contribution in [2.24, 2.45) is 5.73 Å². The van der Waals surface area contributed by atoms with Gasteiger partial charge >= 0.3 is 0 Å². The molecule has 0 saturated carbocycles. The van der Waals surface area contributed by atoms with Gasteiger partial charge in [-0.25, -0.2) is 0 Å². The van der Waals surface area contributed by atoms with E-state index in [0.29, 0.717) is 6.54 Å². The van der Waals surface area contributed by atoms with Crippen molar-refractivity contribution < 1.29 is 4.79 Å². The molecule has 2 rings (SSSR count). The highest BCUT2D eigenvalue weighted by Gasteiger charge is 2.32. The fraction of sp³-hybridized carbons (Fsp3) is 0.316. The average Bonchev–Trinajstić information content (AvgIpc) is 2.60. The predicted octanol–water partition coefficient (Wildman–Crippen LogP) is 3.30. The largest absolute Gasteiger partial charge is 0.373 e. The summed E-state index contributed by atoms with van der Waals surface area (Å²) in [5.41, 5.74) is 7.24. The zero-order chi connectivity index (χ0) is 16.9. The highest BCUT2D eigenvalue weighted by Crippen LogP contribution is 2.20. The molecule has 138 valence electrons. The Balaban J connectivity index is 0.00000288. The van der Waals surface area contributed by atoms with Gasteiger partial charge in [0.15, 0.2) is 0 Å². The number of anilines is 1. The number of hydrogen-bond donors (Lipinski definition) is 1. The summed E-state index contributed by atoms with van der Waals surface area (Å²) in [7, 11) is 3.82. The number of rotatable bonds is 6. The van der Waals surface area contributed by atoms with E-state index in [9.17, 15) is 4.79 Å². The van der Waals surface area contributed by atoms with Crippen LogP contribution in [0.4, 0.5) is 5.69 Å². The minimum Gasteiger partial charge on any atom is -0.373 e. The molecule has 0 fully saturated rings. The van der Waals surface area contributed by atoms with E-state index in [1.165, 1.54) is 0 Å². The molecule has 0 radical (unpaired) electrons. The fourth-order valence-electron chi connectivity index (χ4n) is 2.52. The molecule has 0 saturated heterocycles. The SMILES string of the molecule is CN(CCN(C)c1ccccc1)C(=O)C(C)(N)c1ccccc1.Cl.Cl. The lowest BCUT2D eigenvalue weighted by Gasteiger charge is -2.31. The van der Waals surface area contributed by atoms with E-state index in [4.69, 9.17) is 5.73 Å². The Labute approximate surface area is 162 Å². The van der Waals surface area contributed by atoms with E-state index in [2.05, 4.69) is 17.0 Å². The first-order valence-electron chi connectivity index (χ1n) is 7.79. The van der Waals surface area contributed by atoms with Gasteiger partial charge in [0.1, 0.15) is 5.54 Å². The van der Waals surface area contributed by atoms with E-state index in [1.807, 2.05) is 55.6 Å². The number of carbonyl (C=O) groups is 1. The van der Waals surface area contributed by atoms with Gasteiger partial charge in [-0.3, -0.25) is 4.79 Å². The average molecular weight is 384 g/mol. The van der Waals surface area contributed by atoms with Gasteiger partial charge in [-0.05, 0) is 24.6 Å². The van der Waals surface area contributed by atoms with Crippen LogP contribution >= 0.6 is 24.8 Å². The molecule has 0 aliphatic rings. The number of nitrogens with two attached hydrogens (primary N) is 1. The lowest BCUT2D eigenvalue weighted by Crippen LogP contribution is -2.51. The van der Waals surface area contributed by atoms with Crippen LogP contribution in [0.25, 0.3) is 0 Å². The minimum atomic E-state index is -1.01. The number of nitrogens with zero attached hydrogens (tertiary/aromatic N) is 2. The third-order valence-corrected chi connectivity index (χ3v) is 4.13. The van der Waals surface area contributed by atoms with E-state index >= 15 is 0 Å². The van der Waals surface area contributed by atoms with Crippen molar-refractivity contribution in [2.75, 3.05) is 32.1 Å². The van der Waals surface area contributed by atoms with Crippen molar-refractivity contribution in [1.29, 1.82) is 0 Å². The van der Waals surface area contributed by atoms with Crippen molar-refractivity contribution in [3.05, 3.63) is 66.2 Å². The maximum absolute atomic E-state index is 12.7. The monoisotopic (exact) mass is 383 g/mol. The molecule has 0 aliphatic heterocycles. The molecule has 25 heavy (non-hydrogen) atoms. The summed E-state index contributed by atoms with van der Waals surface area (Å²) in [6.07, 6.45) is 0. The molecule has 2 aromatic rings. The Kier molecular flexibility index (Phi) is 9.57. The van der Waals surface area contributed by atoms with E-state index in [1.54, 1.807) is 18.9 Å². The van der Waals surface area contributed by atoms with Crippen molar-refractivity contribution in [2.45, 2.75) is 12.5 Å². The standard InChI is InChI=1S/C19H25N3O.2ClH/c1-19(20,16-10-6-4-7-11-16)18(23)22(3)15-14-21(2)17-12-8-5-9-13-17;;/h4-13H,14-15,20H2,1-3H3;2*1H. The molecule has 0 aromatic heterocycles. The molecule has 4 nitrogen and oxygen atoms in total. The maximum atomic E-state index is 12.7. The summed E-state index contributed by atoms with van der Waals surface area (Å²) in [6.45, 7) is 3.13. The molecule has 6 heteroatoms. The Morgan fingerprint density at radius 3 is 1.92 bits per heavy atom. The van der Waals surface area contributed by atoms with Crippen molar-refractivity contribution in [1.82, 2.24) is 4.90 Å². The highest BCUT2D eigenvalue weighted by atomic mass is 35.5. The first-order chi connectivity index (χ1) is 10.9. The molecule has 1 amide bonds. The van der Waals surface area contributed by atoms with Crippen molar-refractivity contribution in [3.8, 4) is 0 Å². The van der Waals surface area contributed by atoms with E-state index in [-0.39, 0.29) is 30.7 Å². The number of para-hydroxylation sites is 1. The third kappa shape index (κ3) is 5.92. The predicted molar refractivity (Wildman–Crippen MR) is 110 cm³/mol. The van der Waals surface area contributed by atoms with Crippen LogP contribution in [0.1, 0.15) is 12.5 Å². The molecule has 0 spiro atoms. The zero-order valence-corrected chi connectivity index (χ0v) is 16.5. The lowest BCUT2D eigenvalue weighted by atomic mass is 9.92. The quantitative estimate of drug-likeness (QED) is 0.832. The van der Waals surface area contributed by atoms with Crippen LogP contribution in [0.5, 0.6) is 0 Å². The molecule has 2 aromatic carbocycles. The fourth-order valence-corrected chi connectivity index (χ4v) is 2.52. The number of likely N-dealkylation sites (N-methyl/N-ethyl adjacent to an activating group) is 2.